The second-order valence-electron chi connectivity index (χ2n) is 3.95. The third kappa shape index (κ3) is 4.14. The van der Waals surface area contributed by atoms with E-state index in [1.165, 1.54) is 11.1 Å². The summed E-state index contributed by atoms with van der Waals surface area (Å²) < 4.78 is 1.08. The Morgan fingerprint density at radius 1 is 1.47 bits per heavy atom. The molecule has 82 valence electrons. The van der Waals surface area contributed by atoms with Crippen molar-refractivity contribution in [3.63, 3.8) is 0 Å². The molecule has 1 aromatic carbocycles. The molecule has 0 N–H and O–H groups in total. The summed E-state index contributed by atoms with van der Waals surface area (Å²) in [6.07, 6.45) is 0. The van der Waals surface area contributed by atoms with Gasteiger partial charge in [0.25, 0.3) is 0 Å². The summed E-state index contributed by atoms with van der Waals surface area (Å²) in [5, 5.41) is 0. The van der Waals surface area contributed by atoms with Crippen molar-refractivity contribution in [2.75, 3.05) is 13.6 Å². The zero-order chi connectivity index (χ0) is 11.4. The number of carbonyl (C=O) groups excluding carboxylic acids is 1. The maximum absolute atomic E-state index is 10.9. The second kappa shape index (κ2) is 5.42. The monoisotopic (exact) mass is 269 g/mol. The zero-order valence-corrected chi connectivity index (χ0v) is 11.0. The van der Waals surface area contributed by atoms with Gasteiger partial charge < -0.3 is 0 Å². The van der Waals surface area contributed by atoms with Crippen LogP contribution in [0.2, 0.25) is 0 Å². The Morgan fingerprint density at radius 2 is 2.13 bits per heavy atom. The fourth-order valence-corrected chi connectivity index (χ4v) is 1.95. The molecule has 0 unspecified atom stereocenters. The van der Waals surface area contributed by atoms with Crippen LogP contribution in [0.15, 0.2) is 22.7 Å². The van der Waals surface area contributed by atoms with Gasteiger partial charge in [0.05, 0.1) is 6.54 Å². The maximum atomic E-state index is 10.9. The Hall–Kier alpha value is -0.670. The van der Waals surface area contributed by atoms with Crippen molar-refractivity contribution in [1.82, 2.24) is 4.90 Å². The molecule has 0 radical (unpaired) electrons. The van der Waals surface area contributed by atoms with Crippen LogP contribution in [0, 0.1) is 6.92 Å². The van der Waals surface area contributed by atoms with Crippen LogP contribution in [-0.2, 0) is 11.3 Å². The Kier molecular flexibility index (Phi) is 4.48. The highest BCUT2D eigenvalue weighted by Gasteiger charge is 2.05. The first-order valence-corrected chi connectivity index (χ1v) is 5.71. The van der Waals surface area contributed by atoms with Crippen molar-refractivity contribution >= 4 is 21.7 Å². The van der Waals surface area contributed by atoms with E-state index in [9.17, 15) is 4.79 Å². The number of hydrogen-bond donors (Lipinski definition) is 0. The van der Waals surface area contributed by atoms with Crippen LogP contribution in [-0.4, -0.2) is 24.3 Å². The van der Waals surface area contributed by atoms with Crippen LogP contribution < -0.4 is 0 Å². The molecule has 1 rings (SSSR count). The lowest BCUT2D eigenvalue weighted by Gasteiger charge is -2.16. The minimum absolute atomic E-state index is 0.199. The van der Waals surface area contributed by atoms with Gasteiger partial charge in [0.15, 0.2) is 0 Å². The molecular weight excluding hydrogens is 254 g/mol. The predicted molar refractivity (Wildman–Crippen MR) is 65.9 cm³/mol. The van der Waals surface area contributed by atoms with Gasteiger partial charge in [-0.05, 0) is 44.2 Å². The van der Waals surface area contributed by atoms with E-state index >= 15 is 0 Å². The molecule has 15 heavy (non-hydrogen) atoms. The number of likely N-dealkylation sites (N-methyl/N-ethyl adjacent to an activating group) is 1. The Balaban J connectivity index is 2.71. The van der Waals surface area contributed by atoms with E-state index < -0.39 is 0 Å². The SMILES string of the molecule is CC(=O)CN(C)Cc1cc(Br)ccc1C. The van der Waals surface area contributed by atoms with Gasteiger partial charge in [-0.15, -0.1) is 0 Å². The van der Waals surface area contributed by atoms with E-state index in [1.807, 2.05) is 18.0 Å². The van der Waals surface area contributed by atoms with Crippen LogP contribution in [0.1, 0.15) is 18.1 Å². The molecule has 0 aliphatic heterocycles. The number of aryl methyl sites for hydroxylation is 1. The quantitative estimate of drug-likeness (QED) is 0.838. The first kappa shape index (κ1) is 12.4. The summed E-state index contributed by atoms with van der Waals surface area (Å²) >= 11 is 3.45. The lowest BCUT2D eigenvalue weighted by Crippen LogP contribution is -2.24. The van der Waals surface area contributed by atoms with Gasteiger partial charge in [-0.3, -0.25) is 9.69 Å². The molecule has 3 heteroatoms. The lowest BCUT2D eigenvalue weighted by atomic mass is 10.1. The predicted octanol–water partition coefficient (Wildman–Crippen LogP) is 2.78. The molecule has 0 aromatic heterocycles. The minimum atomic E-state index is 0.199. The third-order valence-corrected chi connectivity index (χ3v) is 2.74. The zero-order valence-electron chi connectivity index (χ0n) is 9.38. The minimum Gasteiger partial charge on any atom is -0.299 e. The van der Waals surface area contributed by atoms with Gasteiger partial charge >= 0.3 is 0 Å². The number of Topliss-reactive ketones (excluding diaryl/α,β-unsaturated/α-hetero) is 1. The van der Waals surface area contributed by atoms with E-state index in [-0.39, 0.29) is 5.78 Å². The van der Waals surface area contributed by atoms with Gasteiger partial charge in [-0.1, -0.05) is 22.0 Å². The van der Waals surface area contributed by atoms with E-state index in [0.717, 1.165) is 11.0 Å². The van der Waals surface area contributed by atoms with Crippen molar-refractivity contribution < 1.29 is 4.79 Å². The first-order valence-electron chi connectivity index (χ1n) is 4.92. The van der Waals surface area contributed by atoms with Gasteiger partial charge in [0.1, 0.15) is 5.78 Å². The number of halogens is 1. The first-order chi connectivity index (χ1) is 6.99. The number of rotatable bonds is 4. The molecular formula is C12H16BrNO. The molecule has 0 heterocycles. The van der Waals surface area contributed by atoms with Gasteiger partial charge in [-0.2, -0.15) is 0 Å². The third-order valence-electron chi connectivity index (χ3n) is 2.24. The van der Waals surface area contributed by atoms with Gasteiger partial charge in [0, 0.05) is 11.0 Å². The molecule has 0 bridgehead atoms. The van der Waals surface area contributed by atoms with Crippen molar-refractivity contribution in [3.8, 4) is 0 Å². The number of hydrogen-bond acceptors (Lipinski definition) is 2. The van der Waals surface area contributed by atoms with Crippen LogP contribution in [0.3, 0.4) is 0 Å². The summed E-state index contributed by atoms with van der Waals surface area (Å²) in [7, 11) is 1.96. The highest BCUT2D eigenvalue weighted by atomic mass is 79.9. The molecule has 0 saturated heterocycles. The van der Waals surface area contributed by atoms with Crippen molar-refractivity contribution in [2.24, 2.45) is 0 Å². The Labute approximate surface area is 99.4 Å². The molecule has 2 nitrogen and oxygen atoms in total. The fraction of sp³-hybridized carbons (Fsp3) is 0.417. The Bertz CT molecular complexity index is 363. The van der Waals surface area contributed by atoms with E-state index in [2.05, 4.69) is 35.0 Å². The summed E-state index contributed by atoms with van der Waals surface area (Å²) in [5.74, 6) is 0.199. The van der Waals surface area contributed by atoms with Crippen LogP contribution in [0.4, 0.5) is 0 Å². The fourth-order valence-electron chi connectivity index (χ4n) is 1.54. The van der Waals surface area contributed by atoms with Crippen molar-refractivity contribution in [1.29, 1.82) is 0 Å². The van der Waals surface area contributed by atoms with Crippen LogP contribution >= 0.6 is 15.9 Å². The summed E-state index contributed by atoms with van der Waals surface area (Å²) in [6.45, 7) is 5.02. The average Bonchev–Trinajstić information content (AvgIpc) is 2.10. The van der Waals surface area contributed by atoms with Crippen LogP contribution in [0.25, 0.3) is 0 Å². The molecule has 1 aromatic rings. The number of nitrogens with zero attached hydrogens (tertiary/aromatic N) is 1. The van der Waals surface area contributed by atoms with E-state index in [0.29, 0.717) is 6.54 Å². The van der Waals surface area contributed by atoms with Crippen molar-refractivity contribution in [3.05, 3.63) is 33.8 Å². The van der Waals surface area contributed by atoms with Crippen molar-refractivity contribution in [2.45, 2.75) is 20.4 Å². The van der Waals surface area contributed by atoms with Gasteiger partial charge in [0.2, 0.25) is 0 Å². The van der Waals surface area contributed by atoms with E-state index in [4.69, 9.17) is 0 Å². The number of ketones is 1. The highest BCUT2D eigenvalue weighted by molar-refractivity contribution is 9.10. The van der Waals surface area contributed by atoms with Crippen LogP contribution in [0.5, 0.6) is 0 Å². The molecule has 0 aliphatic carbocycles. The molecule has 0 atom stereocenters. The summed E-state index contributed by atoms with van der Waals surface area (Å²) in [5.41, 5.74) is 2.52. The molecule has 0 amide bonds. The second-order valence-corrected chi connectivity index (χ2v) is 4.86. The lowest BCUT2D eigenvalue weighted by molar-refractivity contribution is -0.117. The Morgan fingerprint density at radius 3 is 2.73 bits per heavy atom. The molecule has 0 aliphatic rings. The highest BCUT2D eigenvalue weighted by Crippen LogP contribution is 2.17. The molecule has 0 fully saturated rings. The molecule has 0 spiro atoms. The van der Waals surface area contributed by atoms with Gasteiger partial charge in [-0.25, -0.2) is 0 Å². The number of carbonyl (C=O) groups is 1. The number of benzene rings is 1. The maximum Gasteiger partial charge on any atom is 0.143 e. The standard InChI is InChI=1S/C12H16BrNO/c1-9-4-5-12(13)6-11(9)8-14(3)7-10(2)15/h4-6H,7-8H2,1-3H3. The normalized spacial score (nSPS) is 10.7. The summed E-state index contributed by atoms with van der Waals surface area (Å²) in [4.78, 5) is 13.0. The summed E-state index contributed by atoms with van der Waals surface area (Å²) in [6, 6.07) is 6.22. The topological polar surface area (TPSA) is 20.3 Å². The smallest absolute Gasteiger partial charge is 0.143 e. The molecule has 0 saturated carbocycles. The van der Waals surface area contributed by atoms with E-state index in [1.54, 1.807) is 6.92 Å². The average molecular weight is 270 g/mol. The largest absolute Gasteiger partial charge is 0.299 e.